The molecule has 1 heteroatoms. The van der Waals surface area contributed by atoms with E-state index in [1.807, 2.05) is 0 Å². The van der Waals surface area contributed by atoms with Crippen LogP contribution in [-0.2, 0) is 4.79 Å². The van der Waals surface area contributed by atoms with Crippen LogP contribution in [0.1, 0.15) is 26.7 Å². The van der Waals surface area contributed by atoms with Gasteiger partial charge in [-0.3, -0.25) is 4.79 Å². The third kappa shape index (κ3) is 0.640. The van der Waals surface area contributed by atoms with Gasteiger partial charge in [0.15, 0.2) is 0 Å². The van der Waals surface area contributed by atoms with Crippen molar-refractivity contribution >= 4 is 5.78 Å². The van der Waals surface area contributed by atoms with Gasteiger partial charge in [-0.25, -0.2) is 0 Å². The van der Waals surface area contributed by atoms with E-state index in [0.717, 1.165) is 12.0 Å². The molecule has 0 aromatic heterocycles. The number of Topliss-reactive ketones (excluding diaryl/α,β-unsaturated/α-hetero) is 1. The number of hydrogen-bond donors (Lipinski definition) is 0. The number of hydrogen-bond acceptors (Lipinski definition) is 1. The largest absolute Gasteiger partial charge is 0.299 e. The van der Waals surface area contributed by atoms with E-state index >= 15 is 0 Å². The summed E-state index contributed by atoms with van der Waals surface area (Å²) in [6.45, 7) is 8.25. The zero-order valence-electron chi connectivity index (χ0n) is 7.18. The van der Waals surface area contributed by atoms with Gasteiger partial charge in [0.25, 0.3) is 0 Å². The molecule has 2 atom stereocenters. The highest BCUT2D eigenvalue weighted by molar-refractivity contribution is 5.93. The average molecular weight is 150 g/mol. The molecule has 1 spiro atoms. The third-order valence-electron chi connectivity index (χ3n) is 3.74. The molecule has 2 fully saturated rings. The van der Waals surface area contributed by atoms with Gasteiger partial charge < -0.3 is 0 Å². The maximum absolute atomic E-state index is 11.5. The van der Waals surface area contributed by atoms with Crippen LogP contribution in [0.5, 0.6) is 0 Å². The van der Waals surface area contributed by atoms with Gasteiger partial charge in [-0.1, -0.05) is 26.0 Å². The van der Waals surface area contributed by atoms with Gasteiger partial charge in [-0.2, -0.15) is 0 Å². The van der Waals surface area contributed by atoms with Crippen LogP contribution in [0.2, 0.25) is 0 Å². The normalized spacial score (nSPS) is 48.9. The zero-order chi connectivity index (χ0) is 8.22. The van der Waals surface area contributed by atoms with Crippen molar-refractivity contribution in [2.75, 3.05) is 0 Å². The van der Waals surface area contributed by atoms with Crippen LogP contribution >= 0.6 is 0 Å². The van der Waals surface area contributed by atoms with Crippen molar-refractivity contribution in [1.82, 2.24) is 0 Å². The van der Waals surface area contributed by atoms with Crippen molar-refractivity contribution in [2.24, 2.45) is 17.3 Å². The van der Waals surface area contributed by atoms with Crippen molar-refractivity contribution in [3.8, 4) is 0 Å². The van der Waals surface area contributed by atoms with Crippen molar-refractivity contribution in [1.29, 1.82) is 0 Å². The fraction of sp³-hybridized carbons (Fsp3) is 0.700. The second-order valence-electron chi connectivity index (χ2n) is 4.14. The number of carbonyl (C=O) groups is 1. The minimum absolute atomic E-state index is 0.0527. The summed E-state index contributed by atoms with van der Waals surface area (Å²) in [7, 11) is 0. The smallest absolute Gasteiger partial charge is 0.143 e. The second-order valence-corrected chi connectivity index (χ2v) is 4.14. The van der Waals surface area contributed by atoms with E-state index in [9.17, 15) is 4.79 Å². The molecule has 2 saturated carbocycles. The van der Waals surface area contributed by atoms with Crippen LogP contribution in [0.4, 0.5) is 0 Å². The summed E-state index contributed by atoms with van der Waals surface area (Å²) in [5, 5.41) is 0. The van der Waals surface area contributed by atoms with E-state index in [4.69, 9.17) is 0 Å². The molecule has 0 aromatic rings. The Labute approximate surface area is 67.5 Å². The van der Waals surface area contributed by atoms with E-state index < -0.39 is 0 Å². The molecule has 0 amide bonds. The average Bonchev–Trinajstić information content (AvgIpc) is 2.36. The second kappa shape index (κ2) is 1.77. The Morgan fingerprint density at radius 3 is 2.18 bits per heavy atom. The summed E-state index contributed by atoms with van der Waals surface area (Å²) in [4.78, 5) is 11.5. The van der Waals surface area contributed by atoms with E-state index in [2.05, 4.69) is 20.4 Å². The van der Waals surface area contributed by atoms with Crippen molar-refractivity contribution in [2.45, 2.75) is 26.7 Å². The van der Waals surface area contributed by atoms with Crippen LogP contribution in [0.25, 0.3) is 0 Å². The van der Waals surface area contributed by atoms with Gasteiger partial charge in [-0.15, -0.1) is 0 Å². The standard InChI is InChI=1S/C10H14O/c1-6-4-9(11)10(5-6)7(2)8(10)3/h7-8H,1,4-5H2,2-3H3. The minimum atomic E-state index is 0.0527. The first-order valence-electron chi connectivity index (χ1n) is 4.29. The summed E-state index contributed by atoms with van der Waals surface area (Å²) >= 11 is 0. The number of allylic oxidation sites excluding steroid dienone is 1. The minimum Gasteiger partial charge on any atom is -0.299 e. The fourth-order valence-electron chi connectivity index (χ4n) is 2.66. The van der Waals surface area contributed by atoms with Crippen LogP contribution in [0, 0.1) is 17.3 Å². The highest BCUT2D eigenvalue weighted by Crippen LogP contribution is 2.65. The van der Waals surface area contributed by atoms with Gasteiger partial charge in [0.05, 0.1) is 0 Å². The molecule has 0 heterocycles. The Morgan fingerprint density at radius 1 is 1.45 bits per heavy atom. The fourth-order valence-corrected chi connectivity index (χ4v) is 2.66. The van der Waals surface area contributed by atoms with Gasteiger partial charge in [-0.05, 0) is 18.3 Å². The molecule has 0 radical (unpaired) electrons. The summed E-state index contributed by atoms with van der Waals surface area (Å²) < 4.78 is 0. The van der Waals surface area contributed by atoms with E-state index in [1.54, 1.807) is 0 Å². The maximum atomic E-state index is 11.5. The third-order valence-corrected chi connectivity index (χ3v) is 3.74. The topological polar surface area (TPSA) is 17.1 Å². The van der Waals surface area contributed by atoms with E-state index in [0.29, 0.717) is 24.0 Å². The zero-order valence-corrected chi connectivity index (χ0v) is 7.18. The summed E-state index contributed by atoms with van der Waals surface area (Å²) in [6, 6.07) is 0. The molecule has 2 rings (SSSR count). The lowest BCUT2D eigenvalue weighted by Crippen LogP contribution is -2.10. The Morgan fingerprint density at radius 2 is 2.00 bits per heavy atom. The SMILES string of the molecule is C=C1CC(=O)C2(C1)C(C)C2C. The quantitative estimate of drug-likeness (QED) is 0.484. The van der Waals surface area contributed by atoms with Gasteiger partial charge in [0.2, 0.25) is 0 Å². The molecule has 2 unspecified atom stereocenters. The Kier molecular flexibility index (Phi) is 1.14. The Hall–Kier alpha value is -0.590. The number of ketones is 1. The summed E-state index contributed by atoms with van der Waals surface area (Å²) in [5.74, 6) is 1.66. The van der Waals surface area contributed by atoms with Crippen molar-refractivity contribution in [3.63, 3.8) is 0 Å². The van der Waals surface area contributed by atoms with Crippen molar-refractivity contribution < 1.29 is 4.79 Å². The molecule has 0 bridgehead atoms. The molecule has 11 heavy (non-hydrogen) atoms. The number of carbonyl (C=O) groups excluding carboxylic acids is 1. The van der Waals surface area contributed by atoms with Gasteiger partial charge in [0, 0.05) is 11.8 Å². The lowest BCUT2D eigenvalue weighted by atomic mass is 9.99. The molecule has 0 aromatic carbocycles. The lowest BCUT2D eigenvalue weighted by Gasteiger charge is -2.02. The summed E-state index contributed by atoms with van der Waals surface area (Å²) in [6.07, 6.45) is 1.61. The lowest BCUT2D eigenvalue weighted by molar-refractivity contribution is -0.122. The monoisotopic (exact) mass is 150 g/mol. The molecule has 2 aliphatic carbocycles. The van der Waals surface area contributed by atoms with Crippen LogP contribution in [0.3, 0.4) is 0 Å². The van der Waals surface area contributed by atoms with E-state index in [1.165, 1.54) is 0 Å². The molecule has 1 nitrogen and oxygen atoms in total. The molecule has 0 N–H and O–H groups in total. The molecule has 60 valence electrons. The highest BCUT2D eigenvalue weighted by Gasteiger charge is 2.65. The first kappa shape index (κ1) is 7.08. The predicted octanol–water partition coefficient (Wildman–Crippen LogP) is 2.18. The Balaban J connectivity index is 2.30. The van der Waals surface area contributed by atoms with Crippen LogP contribution in [0.15, 0.2) is 12.2 Å². The van der Waals surface area contributed by atoms with Crippen LogP contribution < -0.4 is 0 Å². The summed E-state index contributed by atoms with van der Waals surface area (Å²) in [5.41, 5.74) is 1.20. The first-order chi connectivity index (χ1) is 5.09. The van der Waals surface area contributed by atoms with Gasteiger partial charge >= 0.3 is 0 Å². The Bertz CT molecular complexity index is 231. The predicted molar refractivity (Wildman–Crippen MR) is 44.1 cm³/mol. The molecule has 0 saturated heterocycles. The number of rotatable bonds is 0. The van der Waals surface area contributed by atoms with Crippen molar-refractivity contribution in [3.05, 3.63) is 12.2 Å². The molecular weight excluding hydrogens is 136 g/mol. The molecule has 2 aliphatic rings. The van der Waals surface area contributed by atoms with Crippen LogP contribution in [-0.4, -0.2) is 5.78 Å². The van der Waals surface area contributed by atoms with E-state index in [-0.39, 0.29) is 5.41 Å². The highest BCUT2D eigenvalue weighted by atomic mass is 16.1. The molecular formula is C10H14O. The van der Waals surface area contributed by atoms with Gasteiger partial charge in [0.1, 0.15) is 5.78 Å². The molecule has 0 aliphatic heterocycles. The maximum Gasteiger partial charge on any atom is 0.143 e. The first-order valence-corrected chi connectivity index (χ1v) is 4.29.